The smallest absolute Gasteiger partial charge is 0.245 e. The van der Waals surface area contributed by atoms with Crippen LogP contribution in [0.2, 0.25) is 19.6 Å². The summed E-state index contributed by atoms with van der Waals surface area (Å²) < 4.78 is 2.04. The molecule has 0 aliphatic rings. The van der Waals surface area contributed by atoms with Gasteiger partial charge in [-0.1, -0.05) is 38.7 Å². The Bertz CT molecular complexity index is 395. The molecule has 0 aliphatic carbocycles. The second-order valence-corrected chi connectivity index (χ2v) is 10.2. The van der Waals surface area contributed by atoms with Crippen LogP contribution in [0.1, 0.15) is 29.8 Å². The van der Waals surface area contributed by atoms with Crippen LogP contribution in [0.5, 0.6) is 0 Å². The number of nitrogens with zero attached hydrogens (tertiary/aromatic N) is 1. The molecule has 0 saturated heterocycles. The summed E-state index contributed by atoms with van der Waals surface area (Å²) in [5, 5.41) is 0. The first kappa shape index (κ1) is 14.0. The van der Waals surface area contributed by atoms with E-state index in [1.807, 2.05) is 22.8 Å². The molecule has 0 atom stereocenters. The maximum atomic E-state index is 12.5. The molecule has 0 aliphatic heterocycles. The van der Waals surface area contributed by atoms with E-state index in [1.165, 1.54) is 5.56 Å². The molecule has 0 fully saturated rings. The number of rotatable bonds is 4. The van der Waals surface area contributed by atoms with Crippen LogP contribution in [0.3, 0.4) is 0 Å². The van der Waals surface area contributed by atoms with Gasteiger partial charge in [0.1, 0.15) is 0 Å². The van der Waals surface area contributed by atoms with E-state index in [-0.39, 0.29) is 5.91 Å². The van der Waals surface area contributed by atoms with E-state index >= 15 is 0 Å². The summed E-state index contributed by atoms with van der Waals surface area (Å²) in [5.74, 6) is 0.182. The Labute approximate surface area is 106 Å². The molecule has 2 nitrogen and oxygen atoms in total. The van der Waals surface area contributed by atoms with E-state index in [1.54, 1.807) is 0 Å². The molecule has 0 unspecified atom stereocenters. The number of carbonyl (C=O) groups excluding carboxylic acids is 1. The van der Waals surface area contributed by atoms with Crippen molar-refractivity contribution in [2.75, 3.05) is 6.54 Å². The number of hydrogen-bond donors (Lipinski definition) is 0. The Hall–Kier alpha value is -1.09. The summed E-state index contributed by atoms with van der Waals surface area (Å²) in [6, 6.07) is 7.99. The van der Waals surface area contributed by atoms with Crippen molar-refractivity contribution in [1.82, 2.24) is 4.57 Å². The SMILES string of the molecule is CCc1cccc(C(=O)N(CC)[Si](C)(C)C)c1. The van der Waals surface area contributed by atoms with Crippen molar-refractivity contribution < 1.29 is 4.79 Å². The largest absolute Gasteiger partial charge is 0.366 e. The van der Waals surface area contributed by atoms with Crippen LogP contribution >= 0.6 is 0 Å². The number of hydrogen-bond acceptors (Lipinski definition) is 1. The van der Waals surface area contributed by atoms with Crippen LogP contribution in [0, 0.1) is 0 Å². The summed E-state index contributed by atoms with van der Waals surface area (Å²) >= 11 is 0. The van der Waals surface area contributed by atoms with Gasteiger partial charge in [-0.3, -0.25) is 4.79 Å². The normalized spacial score (nSPS) is 11.4. The maximum absolute atomic E-state index is 12.5. The van der Waals surface area contributed by atoms with E-state index in [0.717, 1.165) is 18.5 Å². The Morgan fingerprint density at radius 2 is 1.88 bits per heavy atom. The van der Waals surface area contributed by atoms with Crippen molar-refractivity contribution in [1.29, 1.82) is 0 Å². The fourth-order valence-corrected chi connectivity index (χ4v) is 3.69. The zero-order valence-electron chi connectivity index (χ0n) is 11.6. The Balaban J connectivity index is 3.02. The quantitative estimate of drug-likeness (QED) is 0.747. The molecule has 1 aromatic rings. The number of amides is 1. The predicted molar refractivity (Wildman–Crippen MR) is 75.9 cm³/mol. The minimum atomic E-state index is -1.58. The molecule has 0 spiro atoms. The predicted octanol–water partition coefficient (Wildman–Crippen LogP) is 3.55. The topological polar surface area (TPSA) is 20.3 Å². The average molecular weight is 249 g/mol. The van der Waals surface area contributed by atoms with Gasteiger partial charge in [-0.05, 0) is 31.0 Å². The maximum Gasteiger partial charge on any atom is 0.245 e. The summed E-state index contributed by atoms with van der Waals surface area (Å²) in [5.41, 5.74) is 2.05. The van der Waals surface area contributed by atoms with Gasteiger partial charge >= 0.3 is 0 Å². The van der Waals surface area contributed by atoms with Gasteiger partial charge in [-0.25, -0.2) is 0 Å². The van der Waals surface area contributed by atoms with Crippen LogP contribution in [0.25, 0.3) is 0 Å². The van der Waals surface area contributed by atoms with Gasteiger partial charge in [0.15, 0.2) is 8.24 Å². The lowest BCUT2D eigenvalue weighted by atomic mass is 10.1. The van der Waals surface area contributed by atoms with E-state index in [0.29, 0.717) is 0 Å². The van der Waals surface area contributed by atoms with Gasteiger partial charge < -0.3 is 4.57 Å². The van der Waals surface area contributed by atoms with E-state index < -0.39 is 8.24 Å². The molecular weight excluding hydrogens is 226 g/mol. The van der Waals surface area contributed by atoms with Gasteiger partial charge in [0.2, 0.25) is 5.91 Å². The van der Waals surface area contributed by atoms with Crippen molar-refractivity contribution in [3.63, 3.8) is 0 Å². The van der Waals surface area contributed by atoms with E-state index in [2.05, 4.69) is 39.6 Å². The lowest BCUT2D eigenvalue weighted by molar-refractivity contribution is 0.0856. The van der Waals surface area contributed by atoms with Crippen LogP contribution in [-0.2, 0) is 6.42 Å². The Morgan fingerprint density at radius 1 is 1.24 bits per heavy atom. The average Bonchev–Trinajstić information content (AvgIpc) is 2.28. The van der Waals surface area contributed by atoms with Gasteiger partial charge in [-0.2, -0.15) is 0 Å². The molecule has 0 radical (unpaired) electrons. The molecular formula is C14H23NOSi. The first-order valence-corrected chi connectivity index (χ1v) is 9.75. The summed E-state index contributed by atoms with van der Waals surface area (Å²) in [6.45, 7) is 11.6. The van der Waals surface area contributed by atoms with Crippen LogP contribution in [0.4, 0.5) is 0 Å². The molecule has 1 aromatic carbocycles. The van der Waals surface area contributed by atoms with Gasteiger partial charge in [0.05, 0.1) is 0 Å². The molecule has 0 bridgehead atoms. The van der Waals surface area contributed by atoms with Crippen molar-refractivity contribution in [2.24, 2.45) is 0 Å². The van der Waals surface area contributed by atoms with E-state index in [9.17, 15) is 4.79 Å². The summed E-state index contributed by atoms with van der Waals surface area (Å²) in [4.78, 5) is 12.5. The second-order valence-electron chi connectivity index (χ2n) is 5.27. The number of carbonyl (C=O) groups is 1. The monoisotopic (exact) mass is 249 g/mol. The highest BCUT2D eigenvalue weighted by Gasteiger charge is 2.27. The van der Waals surface area contributed by atoms with Crippen LogP contribution in [0.15, 0.2) is 24.3 Å². The first-order chi connectivity index (χ1) is 7.90. The first-order valence-electron chi connectivity index (χ1n) is 6.31. The fourth-order valence-electron chi connectivity index (χ4n) is 2.00. The highest BCUT2D eigenvalue weighted by Crippen LogP contribution is 2.15. The summed E-state index contributed by atoms with van der Waals surface area (Å²) in [6.07, 6.45) is 0.972. The van der Waals surface area contributed by atoms with Gasteiger partial charge in [0.25, 0.3) is 0 Å². The number of benzene rings is 1. The van der Waals surface area contributed by atoms with Crippen molar-refractivity contribution >= 4 is 14.1 Å². The standard InChI is InChI=1S/C14H23NOSi/c1-6-12-9-8-10-13(11-12)14(16)15(7-2)17(3,4)5/h8-11H,6-7H2,1-5H3. The van der Waals surface area contributed by atoms with Crippen LogP contribution < -0.4 is 0 Å². The van der Waals surface area contributed by atoms with E-state index in [4.69, 9.17) is 0 Å². The minimum Gasteiger partial charge on any atom is -0.366 e. The molecule has 1 rings (SSSR count). The van der Waals surface area contributed by atoms with Crippen molar-refractivity contribution in [3.8, 4) is 0 Å². The molecule has 0 heterocycles. The summed E-state index contributed by atoms with van der Waals surface area (Å²) in [7, 11) is -1.58. The van der Waals surface area contributed by atoms with Gasteiger partial charge in [0, 0.05) is 12.1 Å². The Kier molecular flexibility index (Phi) is 4.51. The highest BCUT2D eigenvalue weighted by molar-refractivity contribution is 6.75. The lowest BCUT2D eigenvalue weighted by Gasteiger charge is -2.33. The van der Waals surface area contributed by atoms with Crippen molar-refractivity contribution in [2.45, 2.75) is 39.9 Å². The molecule has 0 aromatic heterocycles. The zero-order chi connectivity index (χ0) is 13.1. The molecule has 0 saturated carbocycles. The molecule has 0 N–H and O–H groups in total. The number of aryl methyl sites for hydroxylation is 1. The zero-order valence-corrected chi connectivity index (χ0v) is 12.6. The lowest BCUT2D eigenvalue weighted by Crippen LogP contribution is -2.49. The third-order valence-corrected chi connectivity index (χ3v) is 5.09. The third kappa shape index (κ3) is 3.43. The molecule has 94 valence electrons. The van der Waals surface area contributed by atoms with Gasteiger partial charge in [-0.15, -0.1) is 0 Å². The highest BCUT2D eigenvalue weighted by atomic mass is 28.3. The minimum absolute atomic E-state index is 0.182. The Morgan fingerprint density at radius 3 is 2.35 bits per heavy atom. The molecule has 3 heteroatoms. The molecule has 17 heavy (non-hydrogen) atoms. The molecule has 1 amide bonds. The van der Waals surface area contributed by atoms with Crippen molar-refractivity contribution in [3.05, 3.63) is 35.4 Å². The third-order valence-electron chi connectivity index (χ3n) is 2.95. The second kappa shape index (κ2) is 5.49. The van der Waals surface area contributed by atoms with Crippen LogP contribution in [-0.4, -0.2) is 25.3 Å². The fraction of sp³-hybridized carbons (Fsp3) is 0.500.